The van der Waals surface area contributed by atoms with Gasteiger partial charge in [0.15, 0.2) is 0 Å². The van der Waals surface area contributed by atoms with Crippen molar-refractivity contribution in [3.05, 3.63) is 36.8 Å². The minimum atomic E-state index is -0.652. The highest BCUT2D eigenvalue weighted by atomic mass is 16.6. The molecule has 0 saturated carbocycles. The third kappa shape index (κ3) is 3.97. The lowest BCUT2D eigenvalue weighted by Gasteiger charge is -1.99. The average Bonchev–Trinajstić information content (AvgIpc) is 1.87. The van der Waals surface area contributed by atoms with E-state index in [0.717, 1.165) is 0 Å². The molecule has 1 N–H and O–H groups in total. The Morgan fingerprint density at radius 3 is 2.55 bits per heavy atom. The van der Waals surface area contributed by atoms with Gasteiger partial charge < -0.3 is 9.84 Å². The molecule has 3 heteroatoms. The van der Waals surface area contributed by atoms with Crippen molar-refractivity contribution in [2.24, 2.45) is 0 Å². The van der Waals surface area contributed by atoms with Crippen molar-refractivity contribution in [3.8, 4) is 0 Å². The van der Waals surface area contributed by atoms with E-state index in [9.17, 15) is 4.79 Å². The van der Waals surface area contributed by atoms with Crippen LogP contribution in [0.2, 0.25) is 0 Å². The zero-order valence-corrected chi connectivity index (χ0v) is 6.33. The van der Waals surface area contributed by atoms with Crippen molar-refractivity contribution >= 4 is 5.97 Å². The fraction of sp³-hybridized carbons (Fsp3) is 0.125. The lowest BCUT2D eigenvalue weighted by Crippen LogP contribution is -2.03. The number of carbonyl (C=O) groups excluding carboxylic acids is 1. The van der Waals surface area contributed by atoms with Crippen molar-refractivity contribution < 1.29 is 14.6 Å². The monoisotopic (exact) mass is 154 g/mol. The molecule has 0 saturated heterocycles. The van der Waals surface area contributed by atoms with Gasteiger partial charge in [0.2, 0.25) is 0 Å². The van der Waals surface area contributed by atoms with Crippen LogP contribution in [0.1, 0.15) is 6.92 Å². The van der Waals surface area contributed by atoms with E-state index in [1.807, 2.05) is 0 Å². The van der Waals surface area contributed by atoms with Gasteiger partial charge in [-0.05, 0) is 6.92 Å². The first kappa shape index (κ1) is 9.49. The fourth-order valence-electron chi connectivity index (χ4n) is 0.317. The highest BCUT2D eigenvalue weighted by molar-refractivity contribution is 5.87. The zero-order valence-electron chi connectivity index (χ0n) is 6.33. The molecule has 0 unspecified atom stereocenters. The Morgan fingerprint density at radius 1 is 1.64 bits per heavy atom. The van der Waals surface area contributed by atoms with E-state index in [2.05, 4.69) is 17.9 Å². The SMILES string of the molecule is C=CC=C(O)OC(=O)C(=C)C. The molecule has 0 aliphatic carbocycles. The number of rotatable bonds is 3. The molecular formula is C8H10O3. The van der Waals surface area contributed by atoms with Gasteiger partial charge >= 0.3 is 5.97 Å². The van der Waals surface area contributed by atoms with E-state index in [1.165, 1.54) is 19.1 Å². The van der Waals surface area contributed by atoms with E-state index >= 15 is 0 Å². The minimum Gasteiger partial charge on any atom is -0.481 e. The summed E-state index contributed by atoms with van der Waals surface area (Å²) in [4.78, 5) is 10.7. The van der Waals surface area contributed by atoms with Crippen molar-refractivity contribution in [3.63, 3.8) is 0 Å². The largest absolute Gasteiger partial charge is 0.481 e. The molecule has 0 aliphatic rings. The van der Waals surface area contributed by atoms with Gasteiger partial charge in [-0.3, -0.25) is 0 Å². The zero-order chi connectivity index (χ0) is 8.85. The van der Waals surface area contributed by atoms with E-state index < -0.39 is 11.9 Å². The van der Waals surface area contributed by atoms with Gasteiger partial charge in [0, 0.05) is 11.6 Å². The van der Waals surface area contributed by atoms with Gasteiger partial charge in [0.25, 0.3) is 5.95 Å². The molecule has 11 heavy (non-hydrogen) atoms. The van der Waals surface area contributed by atoms with Crippen molar-refractivity contribution in [2.75, 3.05) is 0 Å². The van der Waals surface area contributed by atoms with E-state index in [4.69, 9.17) is 5.11 Å². The normalized spacial score (nSPS) is 10.5. The maximum atomic E-state index is 10.7. The molecule has 0 fully saturated rings. The Hall–Kier alpha value is -1.51. The minimum absolute atomic E-state index is 0.231. The maximum Gasteiger partial charge on any atom is 0.340 e. The summed E-state index contributed by atoms with van der Waals surface area (Å²) in [5.41, 5.74) is 0.231. The summed E-state index contributed by atoms with van der Waals surface area (Å²) in [5, 5.41) is 8.77. The quantitative estimate of drug-likeness (QED) is 0.291. The first-order chi connectivity index (χ1) is 5.07. The molecule has 60 valence electrons. The number of hydrogen-bond acceptors (Lipinski definition) is 3. The van der Waals surface area contributed by atoms with Crippen LogP contribution in [0.5, 0.6) is 0 Å². The number of carbonyl (C=O) groups is 1. The Labute approximate surface area is 65.3 Å². The summed E-state index contributed by atoms with van der Waals surface area (Å²) in [6.45, 7) is 8.12. The first-order valence-corrected chi connectivity index (χ1v) is 2.97. The molecule has 0 amide bonds. The average molecular weight is 154 g/mol. The van der Waals surface area contributed by atoms with Gasteiger partial charge in [-0.1, -0.05) is 19.2 Å². The Bertz CT molecular complexity index is 213. The van der Waals surface area contributed by atoms with Gasteiger partial charge in [-0.15, -0.1) is 0 Å². The molecule has 0 aromatic carbocycles. The van der Waals surface area contributed by atoms with Crippen LogP contribution in [0.15, 0.2) is 36.8 Å². The first-order valence-electron chi connectivity index (χ1n) is 2.97. The molecule has 0 rings (SSSR count). The van der Waals surface area contributed by atoms with Gasteiger partial charge in [-0.2, -0.15) is 0 Å². The third-order valence-electron chi connectivity index (χ3n) is 0.806. The highest BCUT2D eigenvalue weighted by Gasteiger charge is 2.04. The molecule has 0 aliphatic heterocycles. The number of aliphatic hydroxyl groups is 1. The summed E-state index contributed by atoms with van der Waals surface area (Å²) in [7, 11) is 0. The Morgan fingerprint density at radius 2 is 2.18 bits per heavy atom. The van der Waals surface area contributed by atoms with E-state index in [-0.39, 0.29) is 5.57 Å². The number of esters is 1. The summed E-state index contributed by atoms with van der Waals surface area (Å²) < 4.78 is 4.36. The number of ether oxygens (including phenoxy) is 1. The molecule has 0 aromatic heterocycles. The van der Waals surface area contributed by atoms with Crippen molar-refractivity contribution in [2.45, 2.75) is 6.92 Å². The summed E-state index contributed by atoms with van der Waals surface area (Å²) in [6.07, 6.45) is 2.47. The molecule has 0 radical (unpaired) electrons. The molecule has 3 nitrogen and oxygen atoms in total. The highest BCUT2D eigenvalue weighted by Crippen LogP contribution is 1.98. The molecule has 0 aromatic rings. The van der Waals surface area contributed by atoms with Crippen LogP contribution in [0, 0.1) is 0 Å². The topological polar surface area (TPSA) is 46.5 Å². The lowest BCUT2D eigenvalue weighted by atomic mass is 10.4. The molecular weight excluding hydrogens is 144 g/mol. The summed E-state index contributed by atoms with van der Waals surface area (Å²) in [5.74, 6) is -1.13. The molecule has 0 heterocycles. The van der Waals surface area contributed by atoms with E-state index in [0.29, 0.717) is 0 Å². The van der Waals surface area contributed by atoms with Crippen molar-refractivity contribution in [1.29, 1.82) is 0 Å². The second-order valence-electron chi connectivity index (χ2n) is 1.91. The van der Waals surface area contributed by atoms with Crippen LogP contribution in [-0.4, -0.2) is 11.1 Å². The van der Waals surface area contributed by atoms with Gasteiger partial charge in [0.1, 0.15) is 0 Å². The van der Waals surface area contributed by atoms with Gasteiger partial charge in [0.05, 0.1) is 0 Å². The van der Waals surface area contributed by atoms with Crippen LogP contribution in [0.25, 0.3) is 0 Å². The van der Waals surface area contributed by atoms with Crippen molar-refractivity contribution in [1.82, 2.24) is 0 Å². The van der Waals surface area contributed by atoms with Crippen LogP contribution in [0.4, 0.5) is 0 Å². The summed E-state index contributed by atoms with van der Waals surface area (Å²) >= 11 is 0. The second-order valence-corrected chi connectivity index (χ2v) is 1.91. The maximum absolute atomic E-state index is 10.7. The third-order valence-corrected chi connectivity index (χ3v) is 0.806. The molecule has 0 bridgehead atoms. The Kier molecular flexibility index (Phi) is 3.73. The Balaban J connectivity index is 4.05. The number of hydrogen-bond donors (Lipinski definition) is 1. The number of aliphatic hydroxyl groups excluding tert-OH is 1. The predicted octanol–water partition coefficient (Wildman–Crippen LogP) is 1.69. The smallest absolute Gasteiger partial charge is 0.340 e. The van der Waals surface area contributed by atoms with Crippen LogP contribution in [0.3, 0.4) is 0 Å². The van der Waals surface area contributed by atoms with Crippen LogP contribution in [-0.2, 0) is 9.53 Å². The standard InChI is InChI=1S/C8H10O3/c1-4-5-7(9)11-8(10)6(2)3/h4-5,9H,1-2H2,3H3. The lowest BCUT2D eigenvalue weighted by molar-refractivity contribution is -0.138. The summed E-state index contributed by atoms with van der Waals surface area (Å²) in [6, 6.07) is 0. The second kappa shape index (κ2) is 4.33. The van der Waals surface area contributed by atoms with Crippen LogP contribution < -0.4 is 0 Å². The molecule has 0 spiro atoms. The number of allylic oxidation sites excluding steroid dienone is 2. The van der Waals surface area contributed by atoms with Gasteiger partial charge in [-0.25, -0.2) is 4.79 Å². The fourth-order valence-corrected chi connectivity index (χ4v) is 0.317. The predicted molar refractivity (Wildman–Crippen MR) is 41.8 cm³/mol. The van der Waals surface area contributed by atoms with Crippen LogP contribution >= 0.6 is 0 Å². The molecule has 0 atom stereocenters. The van der Waals surface area contributed by atoms with E-state index in [1.54, 1.807) is 0 Å².